The zero-order valence-electron chi connectivity index (χ0n) is 22.0. The van der Waals surface area contributed by atoms with Crippen LogP contribution in [0.2, 0.25) is 0 Å². The van der Waals surface area contributed by atoms with Gasteiger partial charge in [-0.05, 0) is 61.0 Å². The molecule has 6 rings (SSSR count). The van der Waals surface area contributed by atoms with E-state index >= 15 is 0 Å². The van der Waals surface area contributed by atoms with Gasteiger partial charge in [0, 0.05) is 16.5 Å². The van der Waals surface area contributed by atoms with Crippen LogP contribution in [0.5, 0.6) is 5.75 Å². The van der Waals surface area contributed by atoms with E-state index in [1.807, 2.05) is 31.2 Å². The van der Waals surface area contributed by atoms with E-state index in [-0.39, 0.29) is 23.2 Å². The molecule has 41 heavy (non-hydrogen) atoms. The molecule has 208 valence electrons. The molecule has 11 heteroatoms. The molecule has 8 nitrogen and oxygen atoms in total. The number of ether oxygens (including phenoxy) is 1. The first-order chi connectivity index (χ1) is 19.7. The largest absolute Gasteiger partial charge is 0.497 e. The van der Waals surface area contributed by atoms with Crippen LogP contribution in [-0.2, 0) is 20.9 Å². The Hall–Kier alpha value is -4.22. The quantitative estimate of drug-likeness (QED) is 0.325. The molecule has 0 bridgehead atoms. The lowest BCUT2D eigenvalue weighted by molar-refractivity contribution is -0.122. The monoisotopic (exact) mass is 589 g/mol. The van der Waals surface area contributed by atoms with E-state index in [2.05, 4.69) is 5.32 Å². The van der Waals surface area contributed by atoms with E-state index in [9.17, 15) is 23.6 Å². The van der Waals surface area contributed by atoms with Crippen molar-refractivity contribution in [1.29, 1.82) is 0 Å². The number of imide groups is 1. The number of halogens is 1. The first-order valence-electron chi connectivity index (χ1n) is 12.8. The van der Waals surface area contributed by atoms with E-state index in [4.69, 9.17) is 4.74 Å². The molecule has 2 aliphatic heterocycles. The Balaban J connectivity index is 1.40. The van der Waals surface area contributed by atoms with Crippen LogP contribution in [0.3, 0.4) is 0 Å². The molecule has 0 saturated carbocycles. The average molecular weight is 590 g/mol. The highest BCUT2D eigenvalue weighted by Gasteiger charge is 2.56. The third-order valence-corrected chi connectivity index (χ3v) is 9.85. The number of carbonyl (C=O) groups is 3. The molecule has 1 N–H and O–H groups in total. The molecule has 4 aromatic rings. The van der Waals surface area contributed by atoms with Crippen molar-refractivity contribution in [3.8, 4) is 5.75 Å². The third-order valence-electron chi connectivity index (χ3n) is 7.25. The van der Waals surface area contributed by atoms with Crippen molar-refractivity contribution in [2.24, 2.45) is 5.92 Å². The number of thioether (sulfide) groups is 1. The van der Waals surface area contributed by atoms with Crippen molar-refractivity contribution in [2.75, 3.05) is 17.3 Å². The zero-order valence-corrected chi connectivity index (χ0v) is 23.6. The second kappa shape index (κ2) is 10.6. The maximum Gasteiger partial charge on any atom is 0.308 e. The van der Waals surface area contributed by atoms with Crippen LogP contribution in [0.15, 0.2) is 82.6 Å². The number of hydrogen-bond acceptors (Lipinski definition) is 7. The van der Waals surface area contributed by atoms with Gasteiger partial charge >= 0.3 is 4.87 Å². The van der Waals surface area contributed by atoms with Gasteiger partial charge in [0.25, 0.3) is 0 Å². The molecular weight excluding hydrogens is 565 g/mol. The zero-order chi connectivity index (χ0) is 28.8. The van der Waals surface area contributed by atoms with Crippen molar-refractivity contribution in [1.82, 2.24) is 4.57 Å². The summed E-state index contributed by atoms with van der Waals surface area (Å²) in [6, 6.07) is 19.7. The Labute approximate surface area is 242 Å². The van der Waals surface area contributed by atoms with E-state index in [0.29, 0.717) is 27.0 Å². The van der Waals surface area contributed by atoms with Crippen molar-refractivity contribution >= 4 is 52.2 Å². The van der Waals surface area contributed by atoms with Crippen molar-refractivity contribution in [3.05, 3.63) is 104 Å². The molecule has 1 saturated heterocycles. The summed E-state index contributed by atoms with van der Waals surface area (Å²) >= 11 is 2.13. The van der Waals surface area contributed by atoms with Crippen LogP contribution < -0.4 is 19.8 Å². The van der Waals surface area contributed by atoms with Crippen LogP contribution >= 0.6 is 23.1 Å². The average Bonchev–Trinajstić information content (AvgIpc) is 3.41. The SMILES string of the molecule is COc1ccc([C@@H]2c3sc(=O)n(CC(=O)Nc4ccc(F)cc4)c3SC3C(=O)N(c4ccc(C)cc4)C(=O)C32)cc1. The minimum absolute atomic E-state index is 0.300. The number of thiazole rings is 1. The third kappa shape index (κ3) is 4.85. The van der Waals surface area contributed by atoms with Gasteiger partial charge < -0.3 is 10.1 Å². The molecule has 1 aromatic heterocycles. The number of aromatic nitrogens is 1. The summed E-state index contributed by atoms with van der Waals surface area (Å²) in [5.41, 5.74) is 2.65. The molecule has 1 fully saturated rings. The van der Waals surface area contributed by atoms with Gasteiger partial charge in [0.15, 0.2) is 0 Å². The number of fused-ring (bicyclic) bond motifs is 2. The summed E-state index contributed by atoms with van der Waals surface area (Å²) in [5.74, 6) is -2.28. The van der Waals surface area contributed by atoms with Gasteiger partial charge in [-0.1, -0.05) is 52.9 Å². The Kier molecular flexibility index (Phi) is 7.00. The summed E-state index contributed by atoms with van der Waals surface area (Å²) in [6.07, 6.45) is 0. The number of nitrogens with zero attached hydrogens (tertiary/aromatic N) is 2. The lowest BCUT2D eigenvalue weighted by Gasteiger charge is -2.30. The number of rotatable bonds is 6. The number of methoxy groups -OCH3 is 1. The predicted molar refractivity (Wildman–Crippen MR) is 155 cm³/mol. The standard InChI is InChI=1S/C30H24FN3O5S2/c1-16-3-11-20(12-4-16)34-27(36)24-23(17-5-13-21(39-2)14-6-17)26-29(40-25(24)28(34)37)33(30(38)41-26)15-22(35)32-19-9-7-18(31)8-10-19/h3-14,23-25H,15H2,1-2H3,(H,32,35)/t23-,24?,25?/m0/s1. The van der Waals surface area contributed by atoms with Crippen LogP contribution in [0.1, 0.15) is 21.9 Å². The predicted octanol–water partition coefficient (Wildman–Crippen LogP) is 4.80. The molecule has 3 amide bonds. The number of aryl methyl sites for hydroxylation is 1. The smallest absolute Gasteiger partial charge is 0.308 e. The maximum atomic E-state index is 13.9. The lowest BCUT2D eigenvalue weighted by atomic mass is 9.83. The Morgan fingerprint density at radius 2 is 1.63 bits per heavy atom. The molecule has 3 atom stereocenters. The normalized spacial score (nSPS) is 19.6. The number of hydrogen-bond donors (Lipinski definition) is 1. The van der Waals surface area contributed by atoms with Crippen molar-refractivity contribution in [3.63, 3.8) is 0 Å². The molecule has 0 aliphatic carbocycles. The molecule has 2 aliphatic rings. The van der Waals surface area contributed by atoms with Gasteiger partial charge in [0.1, 0.15) is 23.4 Å². The number of anilines is 2. The highest BCUT2D eigenvalue weighted by atomic mass is 32.2. The summed E-state index contributed by atoms with van der Waals surface area (Å²) in [6.45, 7) is 1.63. The molecule has 0 spiro atoms. The first kappa shape index (κ1) is 27.0. The topological polar surface area (TPSA) is 97.7 Å². The number of carbonyl (C=O) groups excluding carboxylic acids is 3. The number of benzene rings is 3. The van der Waals surface area contributed by atoms with E-state index in [1.165, 1.54) is 33.7 Å². The van der Waals surface area contributed by atoms with Gasteiger partial charge in [0.2, 0.25) is 17.7 Å². The second-order valence-corrected chi connectivity index (χ2v) is 12.0. The minimum Gasteiger partial charge on any atom is -0.497 e. The Morgan fingerprint density at radius 1 is 0.951 bits per heavy atom. The molecule has 3 aromatic carbocycles. The molecule has 3 heterocycles. The molecular formula is C30H24FN3O5S2. The van der Waals surface area contributed by atoms with E-state index in [0.717, 1.165) is 34.2 Å². The van der Waals surface area contributed by atoms with E-state index < -0.39 is 28.8 Å². The van der Waals surface area contributed by atoms with Gasteiger partial charge in [0.05, 0.1) is 23.7 Å². The number of amides is 3. The fourth-order valence-electron chi connectivity index (χ4n) is 5.25. The highest BCUT2D eigenvalue weighted by Crippen LogP contribution is 2.54. The van der Waals surface area contributed by atoms with Gasteiger partial charge in [-0.3, -0.25) is 23.7 Å². The fourth-order valence-corrected chi connectivity index (χ4v) is 8.02. The summed E-state index contributed by atoms with van der Waals surface area (Å²) < 4.78 is 19.9. The van der Waals surface area contributed by atoms with Crippen molar-refractivity contribution in [2.45, 2.75) is 29.7 Å². The Morgan fingerprint density at radius 3 is 2.29 bits per heavy atom. The van der Waals surface area contributed by atoms with Gasteiger partial charge in [-0.2, -0.15) is 0 Å². The van der Waals surface area contributed by atoms with Crippen molar-refractivity contribution < 1.29 is 23.5 Å². The second-order valence-electron chi connectivity index (χ2n) is 9.84. The first-order valence-corrected chi connectivity index (χ1v) is 14.5. The lowest BCUT2D eigenvalue weighted by Crippen LogP contribution is -2.33. The summed E-state index contributed by atoms with van der Waals surface area (Å²) in [7, 11) is 1.56. The van der Waals surface area contributed by atoms with Gasteiger partial charge in [-0.15, -0.1) is 0 Å². The van der Waals surface area contributed by atoms with Crippen LogP contribution in [0.4, 0.5) is 15.8 Å². The van der Waals surface area contributed by atoms with Gasteiger partial charge in [-0.25, -0.2) is 9.29 Å². The molecule has 2 unspecified atom stereocenters. The van der Waals surface area contributed by atoms with Crippen LogP contribution in [-0.4, -0.2) is 34.6 Å². The Bertz CT molecular complexity index is 1720. The van der Waals surface area contributed by atoms with Crippen LogP contribution in [0, 0.1) is 18.7 Å². The highest BCUT2D eigenvalue weighted by molar-refractivity contribution is 8.00. The fraction of sp³-hybridized carbons (Fsp3) is 0.200. The summed E-state index contributed by atoms with van der Waals surface area (Å²) in [4.78, 5) is 55.4. The number of nitrogens with one attached hydrogen (secondary N) is 1. The summed E-state index contributed by atoms with van der Waals surface area (Å²) in [5, 5.41) is 2.38. The minimum atomic E-state index is -0.788. The van der Waals surface area contributed by atoms with E-state index in [1.54, 1.807) is 31.4 Å². The maximum absolute atomic E-state index is 13.9. The molecule has 0 radical (unpaired) electrons. The van der Waals surface area contributed by atoms with Crippen LogP contribution in [0.25, 0.3) is 0 Å².